The van der Waals surface area contributed by atoms with Crippen LogP contribution in [0.5, 0.6) is 0 Å². The summed E-state index contributed by atoms with van der Waals surface area (Å²) < 4.78 is 53.3. The van der Waals surface area contributed by atoms with Gasteiger partial charge in [-0.15, -0.1) is 15.3 Å². The molecular weight excluding hydrogens is 326 g/mol. The Hall–Kier alpha value is -2.71. The van der Waals surface area contributed by atoms with Gasteiger partial charge in [-0.05, 0) is 25.5 Å². The van der Waals surface area contributed by atoms with Crippen molar-refractivity contribution < 1.29 is 17.6 Å². The van der Waals surface area contributed by atoms with E-state index >= 15 is 0 Å². The van der Waals surface area contributed by atoms with Crippen molar-refractivity contribution in [3.05, 3.63) is 52.6 Å². The molecule has 2 heterocycles. The summed E-state index contributed by atoms with van der Waals surface area (Å²) >= 11 is 0. The minimum absolute atomic E-state index is 0.0382. The van der Waals surface area contributed by atoms with Crippen molar-refractivity contribution in [3.63, 3.8) is 0 Å². The topological polar surface area (TPSA) is 55.1 Å². The Labute approximate surface area is 134 Å². The molecule has 0 bridgehead atoms. The highest BCUT2D eigenvalue weighted by Gasteiger charge is 2.38. The molecule has 0 atom stereocenters. The van der Waals surface area contributed by atoms with E-state index in [9.17, 15) is 17.6 Å². The third-order valence-electron chi connectivity index (χ3n) is 3.75. The molecule has 0 radical (unpaired) electrons. The fraction of sp³-hybridized carbons (Fsp3) is 0.267. The molecule has 3 aromatic rings. The third-order valence-corrected chi connectivity index (χ3v) is 3.75. The Kier molecular flexibility index (Phi) is 3.86. The largest absolute Gasteiger partial charge is 0.453 e. The first-order chi connectivity index (χ1) is 11.3. The number of fused-ring (bicyclic) bond motifs is 1. The van der Waals surface area contributed by atoms with Gasteiger partial charge in [0, 0.05) is 17.7 Å². The van der Waals surface area contributed by atoms with Gasteiger partial charge in [-0.3, -0.25) is 0 Å². The van der Waals surface area contributed by atoms with Gasteiger partial charge < -0.3 is 5.32 Å². The lowest BCUT2D eigenvalue weighted by atomic mass is 10.1. The number of aromatic nitrogens is 4. The van der Waals surface area contributed by atoms with E-state index in [2.05, 4.69) is 20.6 Å². The second-order valence-electron chi connectivity index (χ2n) is 5.30. The van der Waals surface area contributed by atoms with E-state index in [1.54, 1.807) is 32.0 Å². The van der Waals surface area contributed by atoms with E-state index in [1.807, 2.05) is 0 Å². The van der Waals surface area contributed by atoms with Gasteiger partial charge >= 0.3 is 6.18 Å². The molecule has 126 valence electrons. The van der Waals surface area contributed by atoms with Crippen LogP contribution < -0.4 is 5.32 Å². The summed E-state index contributed by atoms with van der Waals surface area (Å²) in [5.74, 6) is -1.39. The van der Waals surface area contributed by atoms with Crippen LogP contribution >= 0.6 is 0 Å². The molecule has 0 saturated heterocycles. The van der Waals surface area contributed by atoms with Crippen molar-refractivity contribution in [1.82, 2.24) is 19.8 Å². The molecule has 0 aliphatic rings. The van der Waals surface area contributed by atoms with Crippen molar-refractivity contribution >= 4 is 11.5 Å². The number of alkyl halides is 3. The number of hydrogen-bond acceptors (Lipinski definition) is 4. The van der Waals surface area contributed by atoms with Crippen LogP contribution in [0.25, 0.3) is 5.65 Å². The zero-order valence-electron chi connectivity index (χ0n) is 12.8. The quantitative estimate of drug-likeness (QED) is 0.742. The van der Waals surface area contributed by atoms with Crippen LogP contribution in [-0.4, -0.2) is 19.8 Å². The van der Waals surface area contributed by atoms with Gasteiger partial charge in [0.15, 0.2) is 11.5 Å². The lowest BCUT2D eigenvalue weighted by Crippen LogP contribution is -2.15. The van der Waals surface area contributed by atoms with E-state index in [-0.39, 0.29) is 18.0 Å². The predicted molar refractivity (Wildman–Crippen MR) is 79.0 cm³/mol. The summed E-state index contributed by atoms with van der Waals surface area (Å²) in [4.78, 5) is 0. The molecule has 0 fully saturated rings. The number of nitrogens with one attached hydrogen (secondary N) is 1. The first kappa shape index (κ1) is 16.2. The maximum absolute atomic E-state index is 13.7. The van der Waals surface area contributed by atoms with Crippen LogP contribution in [0.1, 0.15) is 22.5 Å². The molecule has 2 aromatic heterocycles. The maximum Gasteiger partial charge on any atom is 0.453 e. The third kappa shape index (κ3) is 2.77. The molecule has 3 rings (SSSR count). The van der Waals surface area contributed by atoms with Gasteiger partial charge in [0.2, 0.25) is 0 Å². The van der Waals surface area contributed by atoms with Crippen LogP contribution in [0, 0.1) is 19.7 Å². The van der Waals surface area contributed by atoms with E-state index < -0.39 is 17.8 Å². The summed E-state index contributed by atoms with van der Waals surface area (Å²) in [6.45, 7) is 3.43. The molecule has 1 aromatic carbocycles. The van der Waals surface area contributed by atoms with Gasteiger partial charge in [0.05, 0.1) is 0 Å². The first-order valence-electron chi connectivity index (χ1n) is 7.06. The Morgan fingerprint density at radius 1 is 1.08 bits per heavy atom. The van der Waals surface area contributed by atoms with Crippen molar-refractivity contribution in [1.29, 1.82) is 0 Å². The Bertz CT molecular complexity index is 901. The number of anilines is 1. The minimum atomic E-state index is -4.67. The number of nitrogens with zero attached hydrogens (tertiary/aromatic N) is 4. The predicted octanol–water partition coefficient (Wildman–Crippen LogP) is 3.51. The van der Waals surface area contributed by atoms with E-state index in [0.29, 0.717) is 21.2 Å². The first-order valence-corrected chi connectivity index (χ1v) is 7.06. The average molecular weight is 339 g/mol. The highest BCUT2D eigenvalue weighted by atomic mass is 19.4. The molecule has 0 amide bonds. The van der Waals surface area contributed by atoms with Gasteiger partial charge in [0.25, 0.3) is 5.82 Å². The Morgan fingerprint density at radius 2 is 1.79 bits per heavy atom. The number of benzene rings is 1. The van der Waals surface area contributed by atoms with Gasteiger partial charge in [-0.1, -0.05) is 18.2 Å². The highest BCUT2D eigenvalue weighted by Crippen LogP contribution is 2.29. The molecule has 0 spiro atoms. The second kappa shape index (κ2) is 5.73. The second-order valence-corrected chi connectivity index (χ2v) is 5.30. The van der Waals surface area contributed by atoms with E-state index in [4.69, 9.17) is 0 Å². The Morgan fingerprint density at radius 3 is 2.46 bits per heavy atom. The van der Waals surface area contributed by atoms with Gasteiger partial charge in [0.1, 0.15) is 5.82 Å². The lowest BCUT2D eigenvalue weighted by molar-refractivity contribution is -0.146. The molecule has 1 N–H and O–H groups in total. The van der Waals surface area contributed by atoms with Gasteiger partial charge in [-0.2, -0.15) is 17.7 Å². The zero-order valence-corrected chi connectivity index (χ0v) is 12.8. The van der Waals surface area contributed by atoms with Gasteiger partial charge in [-0.25, -0.2) is 4.39 Å². The molecule has 5 nitrogen and oxygen atoms in total. The zero-order chi connectivity index (χ0) is 17.5. The fourth-order valence-corrected chi connectivity index (χ4v) is 2.29. The molecule has 0 aliphatic carbocycles. The monoisotopic (exact) mass is 339 g/mol. The molecular formula is C15H13F4N5. The lowest BCUT2D eigenvalue weighted by Gasteiger charge is -2.13. The number of rotatable bonds is 3. The van der Waals surface area contributed by atoms with Crippen molar-refractivity contribution in [2.45, 2.75) is 26.6 Å². The highest BCUT2D eigenvalue weighted by molar-refractivity contribution is 5.58. The molecule has 24 heavy (non-hydrogen) atoms. The standard InChI is InChI=1S/C15H13F4N5/c1-8-9(2)13-21-22-14(15(17,18)19)24(13)23-12(8)20-7-10-5-3-4-6-11(10)16/h3-6H,7H2,1-2H3,(H,20,23). The van der Waals surface area contributed by atoms with Crippen LogP contribution in [0.4, 0.5) is 23.4 Å². The smallest absolute Gasteiger partial charge is 0.364 e. The van der Waals surface area contributed by atoms with Crippen molar-refractivity contribution in [2.24, 2.45) is 0 Å². The van der Waals surface area contributed by atoms with E-state index in [0.717, 1.165) is 0 Å². The molecule has 0 aliphatic heterocycles. The number of halogens is 4. The fourth-order valence-electron chi connectivity index (χ4n) is 2.29. The summed E-state index contributed by atoms with van der Waals surface area (Å²) in [7, 11) is 0. The van der Waals surface area contributed by atoms with E-state index in [1.165, 1.54) is 6.07 Å². The average Bonchev–Trinajstić information content (AvgIpc) is 2.95. The summed E-state index contributed by atoms with van der Waals surface area (Å²) in [6, 6.07) is 6.14. The van der Waals surface area contributed by atoms with Crippen LogP contribution in [0.15, 0.2) is 24.3 Å². The van der Waals surface area contributed by atoms with Crippen LogP contribution in [0.3, 0.4) is 0 Å². The number of aryl methyl sites for hydroxylation is 1. The molecule has 0 saturated carbocycles. The SMILES string of the molecule is Cc1c(NCc2ccccc2F)nn2c(C(F)(F)F)nnc2c1C. The van der Waals surface area contributed by atoms with Crippen LogP contribution in [-0.2, 0) is 12.7 Å². The summed E-state index contributed by atoms with van der Waals surface area (Å²) in [5, 5.41) is 13.6. The van der Waals surface area contributed by atoms with Crippen LogP contribution in [0.2, 0.25) is 0 Å². The summed E-state index contributed by atoms with van der Waals surface area (Å²) in [5.41, 5.74) is 1.57. The Balaban J connectivity index is 2.02. The van der Waals surface area contributed by atoms with Crippen molar-refractivity contribution in [3.8, 4) is 0 Å². The summed E-state index contributed by atoms with van der Waals surface area (Å²) in [6.07, 6.45) is -4.67. The molecule has 9 heteroatoms. The molecule has 0 unspecified atom stereocenters. The maximum atomic E-state index is 13.7. The minimum Gasteiger partial charge on any atom is -0.364 e. The number of hydrogen-bond donors (Lipinski definition) is 1. The van der Waals surface area contributed by atoms with Crippen molar-refractivity contribution in [2.75, 3.05) is 5.32 Å². The normalized spacial score (nSPS) is 11.9.